The third kappa shape index (κ3) is 3.03. The van der Waals surface area contributed by atoms with E-state index in [9.17, 15) is 0 Å². The molecule has 0 amide bonds. The molecule has 100 valence electrons. The van der Waals surface area contributed by atoms with Crippen molar-refractivity contribution in [2.45, 2.75) is 25.3 Å². The van der Waals surface area contributed by atoms with Crippen molar-refractivity contribution in [1.29, 1.82) is 0 Å². The summed E-state index contributed by atoms with van der Waals surface area (Å²) in [4.78, 5) is 4.71. The summed E-state index contributed by atoms with van der Waals surface area (Å²) in [6, 6.07) is 6.94. The summed E-state index contributed by atoms with van der Waals surface area (Å²) < 4.78 is 0. The number of likely N-dealkylation sites (N-methyl/N-ethyl adjacent to an activating group) is 2. The number of nitrogens with two attached hydrogens (primary N) is 1. The highest BCUT2D eigenvalue weighted by atomic mass is 15.2. The van der Waals surface area contributed by atoms with Gasteiger partial charge in [0.1, 0.15) is 0 Å². The van der Waals surface area contributed by atoms with Gasteiger partial charge in [-0.3, -0.25) is 4.90 Å². The standard InChI is InChI=1S/C15H25N3/c1-17(2)9-10-18(3)15-6-4-5-12-7-8-13(16)11-14(12)15/h7-8,11,15H,4-6,9-10,16H2,1-3H3. The summed E-state index contributed by atoms with van der Waals surface area (Å²) in [6.45, 7) is 2.20. The van der Waals surface area contributed by atoms with Gasteiger partial charge in [0, 0.05) is 24.8 Å². The van der Waals surface area contributed by atoms with Crippen molar-refractivity contribution < 1.29 is 0 Å². The molecule has 0 aromatic heterocycles. The minimum absolute atomic E-state index is 0.539. The Morgan fingerprint density at radius 1 is 1.22 bits per heavy atom. The second kappa shape index (κ2) is 5.72. The first kappa shape index (κ1) is 13.4. The Morgan fingerprint density at radius 3 is 2.72 bits per heavy atom. The summed E-state index contributed by atoms with van der Waals surface area (Å²) >= 11 is 0. The molecular weight excluding hydrogens is 222 g/mol. The highest BCUT2D eigenvalue weighted by molar-refractivity contribution is 5.46. The molecule has 3 nitrogen and oxygen atoms in total. The zero-order valence-electron chi connectivity index (χ0n) is 11.8. The summed E-state index contributed by atoms with van der Waals surface area (Å²) in [5, 5.41) is 0. The minimum atomic E-state index is 0.539. The number of nitrogen functional groups attached to an aromatic ring is 1. The first-order valence-corrected chi connectivity index (χ1v) is 6.81. The second-order valence-electron chi connectivity index (χ2n) is 5.65. The zero-order chi connectivity index (χ0) is 13.1. The molecule has 0 saturated carbocycles. The molecule has 0 fully saturated rings. The molecule has 1 aliphatic rings. The van der Waals surface area contributed by atoms with Gasteiger partial charge in [-0.2, -0.15) is 0 Å². The largest absolute Gasteiger partial charge is 0.399 e. The van der Waals surface area contributed by atoms with Gasteiger partial charge < -0.3 is 10.6 Å². The normalized spacial score (nSPS) is 19.3. The monoisotopic (exact) mass is 247 g/mol. The maximum absolute atomic E-state index is 5.94. The fourth-order valence-corrected chi connectivity index (χ4v) is 2.76. The van der Waals surface area contributed by atoms with Crippen molar-refractivity contribution in [3.8, 4) is 0 Å². The Bertz CT molecular complexity index is 401. The molecule has 18 heavy (non-hydrogen) atoms. The van der Waals surface area contributed by atoms with Crippen LogP contribution in [0.4, 0.5) is 5.69 Å². The van der Waals surface area contributed by atoms with E-state index in [4.69, 9.17) is 5.73 Å². The van der Waals surface area contributed by atoms with Crippen LogP contribution in [0.25, 0.3) is 0 Å². The van der Waals surface area contributed by atoms with Gasteiger partial charge >= 0.3 is 0 Å². The number of hydrogen-bond acceptors (Lipinski definition) is 3. The summed E-state index contributed by atoms with van der Waals surface area (Å²) in [5.74, 6) is 0. The van der Waals surface area contributed by atoms with Gasteiger partial charge in [-0.05, 0) is 63.7 Å². The van der Waals surface area contributed by atoms with Crippen LogP contribution in [-0.4, -0.2) is 44.0 Å². The van der Waals surface area contributed by atoms with E-state index >= 15 is 0 Å². The fraction of sp³-hybridized carbons (Fsp3) is 0.600. The van der Waals surface area contributed by atoms with Crippen LogP contribution in [0.1, 0.15) is 30.0 Å². The number of nitrogens with zero attached hydrogens (tertiary/aromatic N) is 2. The summed E-state index contributed by atoms with van der Waals surface area (Å²) in [5.41, 5.74) is 9.76. The van der Waals surface area contributed by atoms with E-state index in [-0.39, 0.29) is 0 Å². The lowest BCUT2D eigenvalue weighted by molar-refractivity contribution is 0.200. The van der Waals surface area contributed by atoms with E-state index in [0.29, 0.717) is 6.04 Å². The fourth-order valence-electron chi connectivity index (χ4n) is 2.76. The van der Waals surface area contributed by atoms with Gasteiger partial charge in [0.05, 0.1) is 0 Å². The third-order valence-corrected chi connectivity index (χ3v) is 3.88. The highest BCUT2D eigenvalue weighted by Crippen LogP contribution is 2.34. The number of aryl methyl sites for hydroxylation is 1. The minimum Gasteiger partial charge on any atom is -0.399 e. The van der Waals surface area contributed by atoms with Gasteiger partial charge in [-0.25, -0.2) is 0 Å². The molecule has 1 aromatic rings. The van der Waals surface area contributed by atoms with Gasteiger partial charge in [-0.1, -0.05) is 6.07 Å². The van der Waals surface area contributed by atoms with Crippen molar-refractivity contribution in [2.24, 2.45) is 0 Å². The van der Waals surface area contributed by atoms with E-state index in [0.717, 1.165) is 18.8 Å². The van der Waals surface area contributed by atoms with Gasteiger partial charge in [0.2, 0.25) is 0 Å². The molecule has 0 aliphatic heterocycles. The number of anilines is 1. The predicted molar refractivity (Wildman–Crippen MR) is 77.7 cm³/mol. The molecule has 1 unspecified atom stereocenters. The van der Waals surface area contributed by atoms with Crippen LogP contribution in [0.5, 0.6) is 0 Å². The van der Waals surface area contributed by atoms with E-state index in [1.165, 1.54) is 30.4 Å². The predicted octanol–water partition coefficient (Wildman–Crippen LogP) is 2.14. The maximum Gasteiger partial charge on any atom is 0.0349 e. The summed E-state index contributed by atoms with van der Waals surface area (Å²) in [6.07, 6.45) is 3.74. The smallest absolute Gasteiger partial charge is 0.0349 e. The van der Waals surface area contributed by atoms with Crippen LogP contribution in [0.15, 0.2) is 18.2 Å². The molecule has 2 N–H and O–H groups in total. The van der Waals surface area contributed by atoms with Crippen LogP contribution >= 0.6 is 0 Å². The van der Waals surface area contributed by atoms with Crippen molar-refractivity contribution in [3.63, 3.8) is 0 Å². The van der Waals surface area contributed by atoms with Crippen molar-refractivity contribution in [2.75, 3.05) is 40.0 Å². The number of rotatable bonds is 4. The van der Waals surface area contributed by atoms with Gasteiger partial charge in [0.15, 0.2) is 0 Å². The lowest BCUT2D eigenvalue weighted by Crippen LogP contribution is -2.33. The van der Waals surface area contributed by atoms with Crippen LogP contribution in [0.2, 0.25) is 0 Å². The molecule has 0 radical (unpaired) electrons. The first-order valence-electron chi connectivity index (χ1n) is 6.81. The Labute approximate surface area is 111 Å². The topological polar surface area (TPSA) is 32.5 Å². The number of hydrogen-bond donors (Lipinski definition) is 1. The first-order chi connectivity index (χ1) is 8.58. The maximum atomic E-state index is 5.94. The van der Waals surface area contributed by atoms with E-state index < -0.39 is 0 Å². The van der Waals surface area contributed by atoms with Crippen LogP contribution < -0.4 is 5.73 Å². The van der Waals surface area contributed by atoms with Crippen molar-refractivity contribution in [3.05, 3.63) is 29.3 Å². The quantitative estimate of drug-likeness (QED) is 0.827. The average Bonchev–Trinajstić information content (AvgIpc) is 2.35. The molecule has 1 aliphatic carbocycles. The van der Waals surface area contributed by atoms with E-state index in [1.54, 1.807) is 0 Å². The molecule has 0 spiro atoms. The third-order valence-electron chi connectivity index (χ3n) is 3.88. The molecule has 0 heterocycles. The zero-order valence-corrected chi connectivity index (χ0v) is 11.8. The van der Waals surface area contributed by atoms with Crippen LogP contribution in [0, 0.1) is 0 Å². The van der Waals surface area contributed by atoms with E-state index in [1.807, 2.05) is 6.07 Å². The average molecular weight is 247 g/mol. The number of fused-ring (bicyclic) bond motifs is 1. The van der Waals surface area contributed by atoms with Crippen LogP contribution in [0.3, 0.4) is 0 Å². The lowest BCUT2D eigenvalue weighted by atomic mass is 9.86. The van der Waals surface area contributed by atoms with Crippen molar-refractivity contribution in [1.82, 2.24) is 9.80 Å². The van der Waals surface area contributed by atoms with E-state index in [2.05, 4.69) is 43.1 Å². The molecular formula is C15H25N3. The molecule has 0 bridgehead atoms. The number of benzene rings is 1. The molecule has 1 aromatic carbocycles. The Morgan fingerprint density at radius 2 is 2.00 bits per heavy atom. The van der Waals surface area contributed by atoms with Crippen LogP contribution in [-0.2, 0) is 6.42 Å². The molecule has 3 heteroatoms. The Balaban J connectivity index is 2.13. The molecule has 0 saturated heterocycles. The lowest BCUT2D eigenvalue weighted by Gasteiger charge is -2.34. The molecule has 1 atom stereocenters. The summed E-state index contributed by atoms with van der Waals surface area (Å²) in [7, 11) is 6.48. The van der Waals surface area contributed by atoms with Gasteiger partial charge in [-0.15, -0.1) is 0 Å². The Hall–Kier alpha value is -1.06. The SMILES string of the molecule is CN(C)CCN(C)C1CCCc2ccc(N)cc21. The Kier molecular flexibility index (Phi) is 4.25. The van der Waals surface area contributed by atoms with Gasteiger partial charge in [0.25, 0.3) is 0 Å². The molecule has 2 rings (SSSR count). The highest BCUT2D eigenvalue weighted by Gasteiger charge is 2.23. The second-order valence-corrected chi connectivity index (χ2v) is 5.65. The van der Waals surface area contributed by atoms with Crippen molar-refractivity contribution >= 4 is 5.69 Å².